The first kappa shape index (κ1) is 18.5. The van der Waals surface area contributed by atoms with Gasteiger partial charge in [-0.3, -0.25) is 9.59 Å². The Morgan fingerprint density at radius 1 is 1.29 bits per heavy atom. The molecule has 132 valence electrons. The van der Waals surface area contributed by atoms with E-state index in [1.807, 2.05) is 52.0 Å². The number of carbonyl (C=O) groups excluding carboxylic acids is 2. The summed E-state index contributed by atoms with van der Waals surface area (Å²) in [6.45, 7) is 8.27. The van der Waals surface area contributed by atoms with Crippen LogP contribution in [0.2, 0.25) is 0 Å². The molecule has 0 unspecified atom stereocenters. The minimum Gasteiger partial charge on any atom is -0.394 e. The number of amides is 2. The molecule has 5 nitrogen and oxygen atoms in total. The maximum Gasteiger partial charge on any atom is 0.255 e. The molecule has 0 saturated carbocycles. The maximum atomic E-state index is 12.9. The van der Waals surface area contributed by atoms with Gasteiger partial charge >= 0.3 is 0 Å². The van der Waals surface area contributed by atoms with Crippen LogP contribution in [0, 0.1) is 11.8 Å². The molecule has 2 rings (SSSR count). The number of nitrogens with one attached hydrogen (secondary N) is 1. The van der Waals surface area contributed by atoms with Gasteiger partial charge in [0.05, 0.1) is 12.6 Å². The van der Waals surface area contributed by atoms with Crippen LogP contribution < -0.4 is 5.32 Å². The zero-order valence-electron chi connectivity index (χ0n) is 15.0. The summed E-state index contributed by atoms with van der Waals surface area (Å²) in [4.78, 5) is 27.3. The zero-order chi connectivity index (χ0) is 17.9. The van der Waals surface area contributed by atoms with Gasteiger partial charge in [0.1, 0.15) is 6.04 Å². The van der Waals surface area contributed by atoms with E-state index in [2.05, 4.69) is 5.32 Å². The monoisotopic (exact) mass is 332 g/mol. The molecule has 0 aromatic heterocycles. The number of benzene rings is 1. The van der Waals surface area contributed by atoms with Crippen molar-refractivity contribution in [2.75, 3.05) is 6.61 Å². The number of fused-ring (bicyclic) bond motifs is 1. The van der Waals surface area contributed by atoms with E-state index >= 15 is 0 Å². The summed E-state index contributed by atoms with van der Waals surface area (Å²) < 4.78 is 0. The number of aliphatic hydroxyl groups is 1. The van der Waals surface area contributed by atoms with E-state index in [0.717, 1.165) is 12.0 Å². The molecule has 1 heterocycles. The van der Waals surface area contributed by atoms with E-state index in [9.17, 15) is 14.7 Å². The Morgan fingerprint density at radius 3 is 2.50 bits per heavy atom. The van der Waals surface area contributed by atoms with Crippen molar-refractivity contribution in [3.8, 4) is 0 Å². The molecule has 24 heavy (non-hydrogen) atoms. The molecule has 5 heteroatoms. The predicted octanol–water partition coefficient (Wildman–Crippen LogP) is 2.19. The van der Waals surface area contributed by atoms with Gasteiger partial charge in [-0.05, 0) is 23.5 Å². The third kappa shape index (κ3) is 3.61. The third-order valence-electron chi connectivity index (χ3n) is 4.97. The van der Waals surface area contributed by atoms with Crippen molar-refractivity contribution in [3.63, 3.8) is 0 Å². The summed E-state index contributed by atoms with van der Waals surface area (Å²) in [6.07, 6.45) is 0.795. The van der Waals surface area contributed by atoms with Crippen molar-refractivity contribution in [2.45, 2.75) is 52.7 Å². The van der Waals surface area contributed by atoms with Gasteiger partial charge in [0.25, 0.3) is 5.91 Å². The molecule has 1 aliphatic heterocycles. The topological polar surface area (TPSA) is 69.6 Å². The van der Waals surface area contributed by atoms with Gasteiger partial charge in [-0.1, -0.05) is 52.3 Å². The first-order valence-corrected chi connectivity index (χ1v) is 8.70. The van der Waals surface area contributed by atoms with Gasteiger partial charge in [-0.15, -0.1) is 0 Å². The highest BCUT2D eigenvalue weighted by atomic mass is 16.3. The lowest BCUT2D eigenvalue weighted by atomic mass is 9.95. The van der Waals surface area contributed by atoms with Gasteiger partial charge in [0, 0.05) is 12.1 Å². The fourth-order valence-electron chi connectivity index (χ4n) is 3.12. The molecular formula is C19H28N2O3. The average Bonchev–Trinajstić information content (AvgIpc) is 2.89. The Hall–Kier alpha value is -1.88. The van der Waals surface area contributed by atoms with Crippen molar-refractivity contribution in [1.29, 1.82) is 0 Å². The van der Waals surface area contributed by atoms with Gasteiger partial charge in [0.15, 0.2) is 0 Å². The standard InChI is InChI=1S/C19H28N2O3/c1-5-13(4)17(18(23)20-16(11-22)12(2)3)21-10-14-8-6-7-9-15(14)19(21)24/h6-9,12-13,16-17,22H,5,10-11H2,1-4H3,(H,20,23)/t13-,16-,17+/m1/s1. The first-order chi connectivity index (χ1) is 11.4. The molecular weight excluding hydrogens is 304 g/mol. The molecule has 3 atom stereocenters. The van der Waals surface area contributed by atoms with E-state index in [-0.39, 0.29) is 36.3 Å². The molecule has 2 amide bonds. The summed E-state index contributed by atoms with van der Waals surface area (Å²) in [5.41, 5.74) is 1.65. The summed E-state index contributed by atoms with van der Waals surface area (Å²) in [5, 5.41) is 12.4. The fraction of sp³-hybridized carbons (Fsp3) is 0.579. The molecule has 1 aliphatic rings. The normalized spacial score (nSPS) is 17.6. The van der Waals surface area contributed by atoms with Crippen molar-refractivity contribution in [2.24, 2.45) is 11.8 Å². The average molecular weight is 332 g/mol. The number of carbonyl (C=O) groups is 2. The highest BCUT2D eigenvalue weighted by Gasteiger charge is 2.39. The summed E-state index contributed by atoms with van der Waals surface area (Å²) in [6, 6.07) is 6.68. The van der Waals surface area contributed by atoms with Crippen LogP contribution in [0.4, 0.5) is 0 Å². The van der Waals surface area contributed by atoms with Gasteiger partial charge in [0.2, 0.25) is 5.91 Å². The Kier molecular flexibility index (Phi) is 5.99. The van der Waals surface area contributed by atoms with E-state index in [1.165, 1.54) is 0 Å². The number of hydrogen-bond acceptors (Lipinski definition) is 3. The van der Waals surface area contributed by atoms with E-state index in [4.69, 9.17) is 0 Å². The zero-order valence-corrected chi connectivity index (χ0v) is 15.0. The lowest BCUT2D eigenvalue weighted by molar-refractivity contribution is -0.128. The molecule has 1 aromatic rings. The van der Waals surface area contributed by atoms with Crippen LogP contribution >= 0.6 is 0 Å². The van der Waals surface area contributed by atoms with Crippen LogP contribution in [0.25, 0.3) is 0 Å². The minimum atomic E-state index is -0.525. The third-order valence-corrected chi connectivity index (χ3v) is 4.97. The van der Waals surface area contributed by atoms with Crippen LogP contribution in [0.1, 0.15) is 50.0 Å². The molecule has 0 radical (unpaired) electrons. The number of aliphatic hydroxyl groups excluding tert-OH is 1. The molecule has 1 aromatic carbocycles. The number of rotatable bonds is 7. The highest BCUT2D eigenvalue weighted by Crippen LogP contribution is 2.28. The van der Waals surface area contributed by atoms with Gasteiger partial charge in [-0.2, -0.15) is 0 Å². The van der Waals surface area contributed by atoms with Crippen molar-refractivity contribution in [1.82, 2.24) is 10.2 Å². The summed E-state index contributed by atoms with van der Waals surface area (Å²) in [7, 11) is 0. The second-order valence-corrected chi connectivity index (χ2v) is 6.96. The SMILES string of the molecule is CC[C@@H](C)[C@@H](C(=O)N[C@H](CO)C(C)C)N1Cc2ccccc2C1=O. The van der Waals surface area contributed by atoms with Gasteiger partial charge < -0.3 is 15.3 Å². The van der Waals surface area contributed by atoms with E-state index in [1.54, 1.807) is 4.90 Å². The van der Waals surface area contributed by atoms with Crippen LogP contribution in [0.5, 0.6) is 0 Å². The van der Waals surface area contributed by atoms with Crippen molar-refractivity contribution in [3.05, 3.63) is 35.4 Å². The molecule has 2 N–H and O–H groups in total. The van der Waals surface area contributed by atoms with Gasteiger partial charge in [-0.25, -0.2) is 0 Å². The Balaban J connectivity index is 2.24. The first-order valence-electron chi connectivity index (χ1n) is 8.70. The summed E-state index contributed by atoms with van der Waals surface area (Å²) in [5.74, 6) is -0.104. The molecule has 0 saturated heterocycles. The van der Waals surface area contributed by atoms with E-state index < -0.39 is 6.04 Å². The fourth-order valence-corrected chi connectivity index (χ4v) is 3.12. The Labute approximate surface area is 144 Å². The number of hydrogen-bond donors (Lipinski definition) is 2. The Morgan fingerprint density at radius 2 is 1.96 bits per heavy atom. The molecule has 0 fully saturated rings. The molecule has 0 spiro atoms. The van der Waals surface area contributed by atoms with Crippen LogP contribution in [0.15, 0.2) is 24.3 Å². The maximum absolute atomic E-state index is 12.9. The van der Waals surface area contributed by atoms with Crippen molar-refractivity contribution >= 4 is 11.8 Å². The van der Waals surface area contributed by atoms with Crippen molar-refractivity contribution < 1.29 is 14.7 Å². The van der Waals surface area contributed by atoms with Crippen LogP contribution in [0.3, 0.4) is 0 Å². The Bertz CT molecular complexity index is 600. The highest BCUT2D eigenvalue weighted by molar-refractivity contribution is 6.01. The summed E-state index contributed by atoms with van der Waals surface area (Å²) >= 11 is 0. The number of nitrogens with zero attached hydrogens (tertiary/aromatic N) is 1. The minimum absolute atomic E-state index is 0.0368. The van der Waals surface area contributed by atoms with Crippen LogP contribution in [-0.2, 0) is 11.3 Å². The predicted molar refractivity (Wildman–Crippen MR) is 93.4 cm³/mol. The second kappa shape index (κ2) is 7.79. The lowest BCUT2D eigenvalue weighted by Gasteiger charge is -2.33. The quantitative estimate of drug-likeness (QED) is 0.804. The smallest absolute Gasteiger partial charge is 0.255 e. The molecule has 0 bridgehead atoms. The van der Waals surface area contributed by atoms with Crippen LogP contribution in [-0.4, -0.2) is 40.5 Å². The lowest BCUT2D eigenvalue weighted by Crippen LogP contribution is -2.54. The van der Waals surface area contributed by atoms with E-state index in [0.29, 0.717) is 12.1 Å². The molecule has 0 aliphatic carbocycles. The second-order valence-electron chi connectivity index (χ2n) is 6.96. The largest absolute Gasteiger partial charge is 0.394 e.